The molecular formula is C7H10N2O4. The van der Waals surface area contributed by atoms with Crippen LogP contribution >= 0.6 is 0 Å². The van der Waals surface area contributed by atoms with Gasteiger partial charge < -0.3 is 0 Å². The molecule has 0 bridgehead atoms. The maximum atomic E-state index is 11.1. The highest BCUT2D eigenvalue weighted by atomic mass is 16.5. The van der Waals surface area contributed by atoms with E-state index in [1.165, 1.54) is 12.4 Å². The summed E-state index contributed by atoms with van der Waals surface area (Å²) in [6.07, 6.45) is 0.282. The number of nitrogens with one attached hydrogen (secondary N) is 1. The van der Waals surface area contributed by atoms with Crippen molar-refractivity contribution in [3.63, 3.8) is 0 Å². The summed E-state index contributed by atoms with van der Waals surface area (Å²) >= 11 is 0. The molecule has 6 heteroatoms. The maximum Gasteiger partial charge on any atom is 0.266 e. The number of likely N-dealkylation sites (tertiary alicyclic amines) is 1. The fraction of sp³-hybridized carbons (Fsp3) is 0.571. The molecule has 0 aromatic rings. The summed E-state index contributed by atoms with van der Waals surface area (Å²) in [5, 5.41) is 8.29. The van der Waals surface area contributed by atoms with Crippen LogP contribution in [-0.2, 0) is 14.4 Å². The molecule has 1 aliphatic heterocycles. The number of hydroxylamine groups is 1. The summed E-state index contributed by atoms with van der Waals surface area (Å²) in [6.45, 7) is 1.38. The van der Waals surface area contributed by atoms with Gasteiger partial charge in [-0.25, -0.2) is 5.48 Å². The fourth-order valence-electron chi connectivity index (χ4n) is 1.24. The van der Waals surface area contributed by atoms with Gasteiger partial charge in [0.05, 0.1) is 0 Å². The molecule has 3 amide bonds. The van der Waals surface area contributed by atoms with Gasteiger partial charge in [-0.2, -0.15) is 0 Å². The van der Waals surface area contributed by atoms with E-state index >= 15 is 0 Å². The Morgan fingerprint density at radius 2 is 1.92 bits per heavy atom. The Kier molecular flexibility index (Phi) is 2.62. The van der Waals surface area contributed by atoms with E-state index in [0.29, 0.717) is 0 Å². The first-order valence-corrected chi connectivity index (χ1v) is 3.86. The van der Waals surface area contributed by atoms with Crippen LogP contribution in [0, 0.1) is 0 Å². The van der Waals surface area contributed by atoms with E-state index in [1.54, 1.807) is 0 Å². The highest BCUT2D eigenvalue weighted by molar-refractivity contribution is 6.05. The van der Waals surface area contributed by atoms with Crippen molar-refractivity contribution in [2.75, 3.05) is 0 Å². The van der Waals surface area contributed by atoms with E-state index < -0.39 is 11.9 Å². The van der Waals surface area contributed by atoms with E-state index in [4.69, 9.17) is 5.21 Å². The molecule has 13 heavy (non-hydrogen) atoms. The van der Waals surface area contributed by atoms with Crippen LogP contribution in [0.4, 0.5) is 0 Å². The smallest absolute Gasteiger partial charge is 0.266 e. The largest absolute Gasteiger partial charge is 0.289 e. The molecule has 0 aromatic carbocycles. The summed E-state index contributed by atoms with van der Waals surface area (Å²) in [4.78, 5) is 33.9. The lowest BCUT2D eigenvalue weighted by Crippen LogP contribution is -2.46. The van der Waals surface area contributed by atoms with Crippen LogP contribution < -0.4 is 5.48 Å². The molecular weight excluding hydrogens is 176 g/mol. The lowest BCUT2D eigenvalue weighted by atomic mass is 10.3. The first kappa shape index (κ1) is 9.66. The van der Waals surface area contributed by atoms with Crippen molar-refractivity contribution in [3.05, 3.63) is 0 Å². The molecule has 1 rings (SSSR count). The molecule has 1 fully saturated rings. The molecule has 0 saturated carbocycles. The van der Waals surface area contributed by atoms with Crippen molar-refractivity contribution >= 4 is 17.7 Å². The predicted octanol–water partition coefficient (Wildman–Crippen LogP) is -0.971. The average Bonchev–Trinajstić information content (AvgIpc) is 2.44. The lowest BCUT2D eigenvalue weighted by molar-refractivity contribution is -0.148. The van der Waals surface area contributed by atoms with Gasteiger partial charge in [0.2, 0.25) is 11.8 Å². The Bertz CT molecular complexity index is 247. The maximum absolute atomic E-state index is 11.1. The molecule has 0 radical (unpaired) electrons. The van der Waals surface area contributed by atoms with Crippen molar-refractivity contribution in [1.29, 1.82) is 0 Å². The van der Waals surface area contributed by atoms with Crippen LogP contribution in [0.5, 0.6) is 0 Å². The summed E-state index contributed by atoms with van der Waals surface area (Å²) in [7, 11) is 0. The number of carbonyl (C=O) groups excluding carboxylic acids is 3. The number of rotatable bonds is 2. The van der Waals surface area contributed by atoms with E-state index in [2.05, 4.69) is 0 Å². The Balaban J connectivity index is 2.75. The third kappa shape index (κ3) is 1.67. The summed E-state index contributed by atoms with van der Waals surface area (Å²) in [6, 6.07) is -0.938. The Morgan fingerprint density at radius 1 is 1.46 bits per heavy atom. The average molecular weight is 186 g/mol. The zero-order valence-corrected chi connectivity index (χ0v) is 7.11. The fourth-order valence-corrected chi connectivity index (χ4v) is 1.24. The third-order valence-electron chi connectivity index (χ3n) is 1.97. The number of hydrogen-bond acceptors (Lipinski definition) is 4. The third-order valence-corrected chi connectivity index (χ3v) is 1.97. The van der Waals surface area contributed by atoms with Gasteiger partial charge in [-0.05, 0) is 6.92 Å². The van der Waals surface area contributed by atoms with Crippen molar-refractivity contribution < 1.29 is 19.6 Å². The molecule has 1 saturated heterocycles. The van der Waals surface area contributed by atoms with Crippen molar-refractivity contribution in [1.82, 2.24) is 10.4 Å². The minimum absolute atomic E-state index is 0.141. The van der Waals surface area contributed by atoms with Crippen LogP contribution in [-0.4, -0.2) is 33.9 Å². The first-order valence-electron chi connectivity index (χ1n) is 3.86. The van der Waals surface area contributed by atoms with E-state index in [1.807, 2.05) is 0 Å². The minimum Gasteiger partial charge on any atom is -0.289 e. The lowest BCUT2D eigenvalue weighted by Gasteiger charge is -2.19. The number of carbonyl (C=O) groups is 3. The van der Waals surface area contributed by atoms with Gasteiger partial charge in [0.1, 0.15) is 6.04 Å². The second-order valence-corrected chi connectivity index (χ2v) is 2.81. The SMILES string of the molecule is CC(C(=O)NO)N1C(=O)CCC1=O. The van der Waals surface area contributed by atoms with Gasteiger partial charge in [-0.3, -0.25) is 24.5 Å². The zero-order chi connectivity index (χ0) is 10.0. The molecule has 1 unspecified atom stereocenters. The molecule has 0 spiro atoms. The van der Waals surface area contributed by atoms with Crippen molar-refractivity contribution in [3.8, 4) is 0 Å². The summed E-state index contributed by atoms with van der Waals surface area (Å²) in [5.74, 6) is -1.51. The van der Waals surface area contributed by atoms with Gasteiger partial charge >= 0.3 is 0 Å². The number of hydrogen-bond donors (Lipinski definition) is 2. The quantitative estimate of drug-likeness (QED) is 0.330. The Morgan fingerprint density at radius 3 is 2.31 bits per heavy atom. The van der Waals surface area contributed by atoms with E-state index in [0.717, 1.165) is 4.90 Å². The molecule has 6 nitrogen and oxygen atoms in total. The van der Waals surface area contributed by atoms with Gasteiger partial charge in [-0.15, -0.1) is 0 Å². The van der Waals surface area contributed by atoms with Crippen LogP contribution in [0.2, 0.25) is 0 Å². The highest BCUT2D eigenvalue weighted by Gasteiger charge is 2.35. The Labute approximate surface area is 74.5 Å². The minimum atomic E-state index is -0.938. The molecule has 1 aliphatic rings. The molecule has 72 valence electrons. The molecule has 0 aliphatic carbocycles. The molecule has 2 N–H and O–H groups in total. The zero-order valence-electron chi connectivity index (χ0n) is 7.11. The van der Waals surface area contributed by atoms with Gasteiger partial charge in [0, 0.05) is 12.8 Å². The van der Waals surface area contributed by atoms with Crippen molar-refractivity contribution in [2.45, 2.75) is 25.8 Å². The summed E-state index contributed by atoms with van der Waals surface area (Å²) in [5.41, 5.74) is 1.40. The van der Waals surface area contributed by atoms with Gasteiger partial charge in [-0.1, -0.05) is 0 Å². The Hall–Kier alpha value is -1.43. The second-order valence-electron chi connectivity index (χ2n) is 2.81. The van der Waals surface area contributed by atoms with E-state index in [9.17, 15) is 14.4 Å². The summed E-state index contributed by atoms with van der Waals surface area (Å²) < 4.78 is 0. The predicted molar refractivity (Wildman–Crippen MR) is 40.5 cm³/mol. The van der Waals surface area contributed by atoms with Crippen molar-refractivity contribution in [2.24, 2.45) is 0 Å². The molecule has 1 atom stereocenters. The van der Waals surface area contributed by atoms with Crippen LogP contribution in [0.15, 0.2) is 0 Å². The van der Waals surface area contributed by atoms with Crippen LogP contribution in [0.25, 0.3) is 0 Å². The first-order chi connectivity index (χ1) is 6.07. The highest BCUT2D eigenvalue weighted by Crippen LogP contribution is 2.14. The monoisotopic (exact) mass is 186 g/mol. The van der Waals surface area contributed by atoms with Gasteiger partial charge in [0.25, 0.3) is 5.91 Å². The standard InChI is InChI=1S/C7H10N2O4/c1-4(7(12)8-13)9-5(10)2-3-6(9)11/h4,13H,2-3H2,1H3,(H,8,12). The van der Waals surface area contributed by atoms with E-state index in [-0.39, 0.29) is 24.7 Å². The molecule has 1 heterocycles. The van der Waals surface area contributed by atoms with Crippen LogP contribution in [0.1, 0.15) is 19.8 Å². The number of nitrogens with zero attached hydrogens (tertiary/aromatic N) is 1. The topological polar surface area (TPSA) is 86.7 Å². The molecule has 0 aromatic heterocycles. The normalized spacial score (nSPS) is 19.1. The number of amides is 3. The van der Waals surface area contributed by atoms with Gasteiger partial charge in [0.15, 0.2) is 0 Å². The van der Waals surface area contributed by atoms with Crippen LogP contribution in [0.3, 0.4) is 0 Å². The second kappa shape index (κ2) is 3.53. The number of imide groups is 1.